The fraction of sp³-hybridized carbons (Fsp3) is 0.286. The lowest BCUT2D eigenvalue weighted by atomic mass is 10.2. The fourth-order valence-electron chi connectivity index (χ4n) is 1.68. The summed E-state index contributed by atoms with van der Waals surface area (Å²) in [5, 5.41) is 3.37. The Labute approximate surface area is 101 Å². The third kappa shape index (κ3) is 3.03. The van der Waals surface area contributed by atoms with Crippen LogP contribution < -0.4 is 10.1 Å². The smallest absolute Gasteiger partial charge is 0.119 e. The van der Waals surface area contributed by atoms with Gasteiger partial charge >= 0.3 is 0 Å². The van der Waals surface area contributed by atoms with Gasteiger partial charge in [-0.25, -0.2) is 0 Å². The summed E-state index contributed by atoms with van der Waals surface area (Å²) in [5.41, 5.74) is 3.44. The first-order chi connectivity index (χ1) is 8.29. The summed E-state index contributed by atoms with van der Waals surface area (Å²) < 4.78 is 10.5. The van der Waals surface area contributed by atoms with Crippen LogP contribution in [0, 0.1) is 6.92 Å². The molecule has 90 valence electrons. The molecule has 2 rings (SSSR count). The maximum absolute atomic E-state index is 5.45. The van der Waals surface area contributed by atoms with Crippen molar-refractivity contribution in [3.05, 3.63) is 47.9 Å². The van der Waals surface area contributed by atoms with E-state index in [1.165, 1.54) is 5.56 Å². The summed E-state index contributed by atoms with van der Waals surface area (Å²) in [4.78, 5) is 0. The molecule has 0 saturated heterocycles. The van der Waals surface area contributed by atoms with E-state index in [1.54, 1.807) is 12.5 Å². The van der Waals surface area contributed by atoms with Crippen LogP contribution in [0.25, 0.3) is 0 Å². The van der Waals surface area contributed by atoms with Gasteiger partial charge in [-0.05, 0) is 43.7 Å². The van der Waals surface area contributed by atoms with Crippen molar-refractivity contribution >= 4 is 5.69 Å². The van der Waals surface area contributed by atoms with Crippen LogP contribution in [-0.4, -0.2) is 6.61 Å². The molecule has 0 atom stereocenters. The van der Waals surface area contributed by atoms with Gasteiger partial charge in [-0.2, -0.15) is 0 Å². The number of nitrogens with one attached hydrogen (secondary N) is 1. The predicted molar refractivity (Wildman–Crippen MR) is 68.4 cm³/mol. The highest BCUT2D eigenvalue weighted by Crippen LogP contribution is 2.21. The molecule has 0 amide bonds. The van der Waals surface area contributed by atoms with Gasteiger partial charge in [0.05, 0.1) is 19.1 Å². The first-order valence-electron chi connectivity index (χ1n) is 5.78. The van der Waals surface area contributed by atoms with E-state index in [1.807, 2.05) is 31.2 Å². The highest BCUT2D eigenvalue weighted by atomic mass is 16.5. The first kappa shape index (κ1) is 11.6. The molecule has 0 aliphatic heterocycles. The van der Waals surface area contributed by atoms with Crippen molar-refractivity contribution in [3.63, 3.8) is 0 Å². The standard InChI is InChI=1S/C14H17NO2/c1-3-17-13-4-5-14(11(2)8-13)15-9-12-6-7-16-10-12/h4-8,10,15H,3,9H2,1-2H3. The predicted octanol–water partition coefficient (Wildman–Crippen LogP) is 3.60. The molecule has 0 radical (unpaired) electrons. The summed E-state index contributed by atoms with van der Waals surface area (Å²) in [5.74, 6) is 0.916. The lowest BCUT2D eigenvalue weighted by Gasteiger charge is -2.10. The molecule has 17 heavy (non-hydrogen) atoms. The second kappa shape index (κ2) is 5.43. The average Bonchev–Trinajstić information content (AvgIpc) is 2.81. The van der Waals surface area contributed by atoms with Crippen LogP contribution >= 0.6 is 0 Å². The molecule has 1 heterocycles. The zero-order valence-corrected chi connectivity index (χ0v) is 10.2. The monoisotopic (exact) mass is 231 g/mol. The molecule has 0 aliphatic carbocycles. The third-order valence-electron chi connectivity index (χ3n) is 2.57. The van der Waals surface area contributed by atoms with Crippen molar-refractivity contribution in [1.29, 1.82) is 0 Å². The molecule has 0 saturated carbocycles. The summed E-state index contributed by atoms with van der Waals surface area (Å²) in [6.45, 7) is 5.52. The van der Waals surface area contributed by atoms with E-state index in [2.05, 4.69) is 12.2 Å². The quantitative estimate of drug-likeness (QED) is 0.853. The normalized spacial score (nSPS) is 10.2. The minimum absolute atomic E-state index is 0.696. The highest BCUT2D eigenvalue weighted by Gasteiger charge is 2.01. The van der Waals surface area contributed by atoms with Gasteiger partial charge < -0.3 is 14.5 Å². The molecular weight excluding hydrogens is 214 g/mol. The Morgan fingerprint density at radius 2 is 2.18 bits per heavy atom. The van der Waals surface area contributed by atoms with Crippen LogP contribution in [0.4, 0.5) is 5.69 Å². The van der Waals surface area contributed by atoms with E-state index >= 15 is 0 Å². The lowest BCUT2D eigenvalue weighted by molar-refractivity contribution is 0.340. The number of hydrogen-bond acceptors (Lipinski definition) is 3. The van der Waals surface area contributed by atoms with Crippen molar-refractivity contribution in [2.75, 3.05) is 11.9 Å². The van der Waals surface area contributed by atoms with Crippen molar-refractivity contribution < 1.29 is 9.15 Å². The molecule has 1 N–H and O–H groups in total. The Balaban J connectivity index is 2.01. The van der Waals surface area contributed by atoms with Gasteiger partial charge in [0.25, 0.3) is 0 Å². The molecule has 0 aliphatic rings. The summed E-state index contributed by atoms with van der Waals surface area (Å²) in [6, 6.07) is 8.02. The minimum Gasteiger partial charge on any atom is -0.494 e. The lowest BCUT2D eigenvalue weighted by Crippen LogP contribution is -2.00. The van der Waals surface area contributed by atoms with Crippen LogP contribution in [0.2, 0.25) is 0 Å². The van der Waals surface area contributed by atoms with E-state index in [4.69, 9.17) is 9.15 Å². The zero-order valence-electron chi connectivity index (χ0n) is 10.2. The van der Waals surface area contributed by atoms with Crippen LogP contribution in [0.5, 0.6) is 5.75 Å². The van der Waals surface area contributed by atoms with Gasteiger partial charge in [0, 0.05) is 17.8 Å². The highest BCUT2D eigenvalue weighted by molar-refractivity contribution is 5.53. The van der Waals surface area contributed by atoms with Gasteiger partial charge in [-0.1, -0.05) is 0 Å². The van der Waals surface area contributed by atoms with Crippen molar-refractivity contribution in [3.8, 4) is 5.75 Å². The molecule has 1 aromatic heterocycles. The van der Waals surface area contributed by atoms with Crippen LogP contribution in [0.15, 0.2) is 41.2 Å². The van der Waals surface area contributed by atoms with E-state index in [0.717, 1.165) is 23.5 Å². The third-order valence-corrected chi connectivity index (χ3v) is 2.57. The van der Waals surface area contributed by atoms with Gasteiger partial charge in [0.15, 0.2) is 0 Å². The number of anilines is 1. The molecule has 3 nitrogen and oxygen atoms in total. The second-order valence-corrected chi connectivity index (χ2v) is 3.89. The topological polar surface area (TPSA) is 34.4 Å². The van der Waals surface area contributed by atoms with Gasteiger partial charge in [-0.3, -0.25) is 0 Å². The maximum Gasteiger partial charge on any atom is 0.119 e. The molecular formula is C14H17NO2. The Kier molecular flexibility index (Phi) is 3.70. The van der Waals surface area contributed by atoms with Crippen molar-refractivity contribution in [1.82, 2.24) is 0 Å². The van der Waals surface area contributed by atoms with Gasteiger partial charge in [0.2, 0.25) is 0 Å². The molecule has 0 unspecified atom stereocenters. The Bertz CT molecular complexity index is 463. The first-order valence-corrected chi connectivity index (χ1v) is 5.78. The van der Waals surface area contributed by atoms with Crippen molar-refractivity contribution in [2.24, 2.45) is 0 Å². The van der Waals surface area contributed by atoms with E-state index < -0.39 is 0 Å². The molecule has 3 heteroatoms. The molecule has 0 bridgehead atoms. The summed E-state index contributed by atoms with van der Waals surface area (Å²) in [7, 11) is 0. The zero-order chi connectivity index (χ0) is 12.1. The maximum atomic E-state index is 5.45. The van der Waals surface area contributed by atoms with E-state index in [9.17, 15) is 0 Å². The Hall–Kier alpha value is -1.90. The number of ether oxygens (including phenoxy) is 1. The number of hydrogen-bond donors (Lipinski definition) is 1. The van der Waals surface area contributed by atoms with E-state index in [0.29, 0.717) is 6.61 Å². The van der Waals surface area contributed by atoms with Crippen LogP contribution in [0.3, 0.4) is 0 Å². The minimum atomic E-state index is 0.696. The second-order valence-electron chi connectivity index (χ2n) is 3.89. The van der Waals surface area contributed by atoms with Crippen molar-refractivity contribution in [2.45, 2.75) is 20.4 Å². The number of benzene rings is 1. The number of rotatable bonds is 5. The average molecular weight is 231 g/mol. The number of aryl methyl sites for hydroxylation is 1. The molecule has 1 aromatic carbocycles. The van der Waals surface area contributed by atoms with Crippen LogP contribution in [-0.2, 0) is 6.54 Å². The van der Waals surface area contributed by atoms with Crippen LogP contribution in [0.1, 0.15) is 18.1 Å². The molecule has 0 spiro atoms. The summed E-state index contributed by atoms with van der Waals surface area (Å²) in [6.07, 6.45) is 3.43. The SMILES string of the molecule is CCOc1ccc(NCc2ccoc2)c(C)c1. The Morgan fingerprint density at radius 3 is 2.82 bits per heavy atom. The van der Waals surface area contributed by atoms with E-state index in [-0.39, 0.29) is 0 Å². The largest absolute Gasteiger partial charge is 0.494 e. The summed E-state index contributed by atoms with van der Waals surface area (Å²) >= 11 is 0. The Morgan fingerprint density at radius 1 is 1.29 bits per heavy atom. The molecule has 2 aromatic rings. The van der Waals surface area contributed by atoms with Gasteiger partial charge in [0.1, 0.15) is 5.75 Å². The number of furan rings is 1. The fourth-order valence-corrected chi connectivity index (χ4v) is 1.68. The van der Waals surface area contributed by atoms with Gasteiger partial charge in [-0.15, -0.1) is 0 Å². The molecule has 0 fully saturated rings.